The molecule has 1 aliphatic carbocycles. The van der Waals surface area contributed by atoms with Crippen molar-refractivity contribution in [3.8, 4) is 0 Å². The Labute approximate surface area is 131 Å². The second kappa shape index (κ2) is 5.62. The SMILES string of the molecule is COC1(Cn2c(CCCl)nc3cc(Br)cnc32)CCC1. The van der Waals surface area contributed by atoms with Crippen molar-refractivity contribution >= 4 is 38.7 Å². The van der Waals surface area contributed by atoms with Gasteiger partial charge in [-0.05, 0) is 41.3 Å². The lowest BCUT2D eigenvalue weighted by Crippen LogP contribution is -2.43. The summed E-state index contributed by atoms with van der Waals surface area (Å²) in [5.41, 5.74) is 1.77. The highest BCUT2D eigenvalue weighted by Gasteiger charge is 2.38. The highest BCUT2D eigenvalue weighted by molar-refractivity contribution is 9.10. The third-order valence-corrected chi connectivity index (χ3v) is 4.72. The summed E-state index contributed by atoms with van der Waals surface area (Å²) in [5.74, 6) is 1.55. The molecule has 0 spiro atoms. The second-order valence-electron chi connectivity index (χ2n) is 5.29. The molecule has 4 nitrogen and oxygen atoms in total. The van der Waals surface area contributed by atoms with Gasteiger partial charge in [-0.1, -0.05) is 0 Å². The Balaban J connectivity index is 2.04. The van der Waals surface area contributed by atoms with Crippen molar-refractivity contribution in [1.82, 2.24) is 14.5 Å². The molecule has 2 aromatic rings. The average Bonchev–Trinajstić information content (AvgIpc) is 2.71. The number of aromatic nitrogens is 3. The van der Waals surface area contributed by atoms with Crippen LogP contribution < -0.4 is 0 Å². The molecule has 108 valence electrons. The van der Waals surface area contributed by atoms with E-state index in [4.69, 9.17) is 16.3 Å². The molecule has 0 bridgehead atoms. The van der Waals surface area contributed by atoms with Crippen LogP contribution in [0.15, 0.2) is 16.7 Å². The Morgan fingerprint density at radius 1 is 1.50 bits per heavy atom. The number of hydrogen-bond acceptors (Lipinski definition) is 3. The number of alkyl halides is 1. The van der Waals surface area contributed by atoms with Crippen molar-refractivity contribution in [1.29, 1.82) is 0 Å². The number of rotatable bonds is 5. The monoisotopic (exact) mass is 357 g/mol. The summed E-state index contributed by atoms with van der Waals surface area (Å²) < 4.78 is 8.85. The number of imidazole rings is 1. The van der Waals surface area contributed by atoms with Crippen LogP contribution in [0.1, 0.15) is 25.1 Å². The largest absolute Gasteiger partial charge is 0.376 e. The molecule has 20 heavy (non-hydrogen) atoms. The maximum atomic E-state index is 5.91. The van der Waals surface area contributed by atoms with Crippen molar-refractivity contribution in [2.24, 2.45) is 0 Å². The van der Waals surface area contributed by atoms with Crippen molar-refractivity contribution < 1.29 is 4.74 Å². The van der Waals surface area contributed by atoms with Gasteiger partial charge in [-0.2, -0.15) is 0 Å². The molecule has 0 aromatic carbocycles. The van der Waals surface area contributed by atoms with E-state index in [9.17, 15) is 0 Å². The minimum absolute atomic E-state index is 0.0521. The number of halogens is 2. The molecular weight excluding hydrogens is 342 g/mol. The van der Waals surface area contributed by atoms with Gasteiger partial charge in [0.25, 0.3) is 0 Å². The smallest absolute Gasteiger partial charge is 0.160 e. The van der Waals surface area contributed by atoms with Crippen LogP contribution in [0, 0.1) is 0 Å². The van der Waals surface area contributed by atoms with Gasteiger partial charge >= 0.3 is 0 Å². The summed E-state index contributed by atoms with van der Waals surface area (Å²) in [7, 11) is 1.80. The molecule has 0 saturated heterocycles. The first kappa shape index (κ1) is 14.3. The number of ether oxygens (including phenoxy) is 1. The predicted octanol–water partition coefficient (Wildman–Crippen LogP) is 3.54. The fraction of sp³-hybridized carbons (Fsp3) is 0.571. The number of aryl methyl sites for hydroxylation is 1. The molecule has 1 fully saturated rings. The summed E-state index contributed by atoms with van der Waals surface area (Å²) in [6, 6.07) is 2.00. The standard InChI is InChI=1S/C14H17BrClN3O/c1-20-14(4-2-5-14)9-19-12(3-6-16)18-11-7-10(15)8-17-13(11)19/h7-8H,2-6,9H2,1H3. The molecule has 0 radical (unpaired) electrons. The number of methoxy groups -OCH3 is 1. The van der Waals surface area contributed by atoms with Gasteiger partial charge < -0.3 is 9.30 Å². The quantitative estimate of drug-likeness (QED) is 0.768. The van der Waals surface area contributed by atoms with E-state index in [1.807, 2.05) is 12.3 Å². The molecule has 0 amide bonds. The minimum Gasteiger partial charge on any atom is -0.376 e. The first-order chi connectivity index (χ1) is 9.67. The molecule has 0 atom stereocenters. The Morgan fingerprint density at radius 2 is 2.30 bits per heavy atom. The summed E-state index contributed by atoms with van der Waals surface area (Å²) >= 11 is 9.35. The molecule has 1 saturated carbocycles. The maximum absolute atomic E-state index is 5.91. The zero-order valence-electron chi connectivity index (χ0n) is 11.4. The molecule has 0 unspecified atom stereocenters. The van der Waals surface area contributed by atoms with Crippen LogP contribution in [0.5, 0.6) is 0 Å². The van der Waals surface area contributed by atoms with E-state index >= 15 is 0 Å². The van der Waals surface area contributed by atoms with Crippen LogP contribution in [0.4, 0.5) is 0 Å². The lowest BCUT2D eigenvalue weighted by atomic mass is 9.80. The van der Waals surface area contributed by atoms with Gasteiger partial charge in [-0.3, -0.25) is 0 Å². The molecule has 0 N–H and O–H groups in total. The molecule has 6 heteroatoms. The van der Waals surface area contributed by atoms with Crippen LogP contribution in [-0.4, -0.2) is 33.1 Å². The summed E-state index contributed by atoms with van der Waals surface area (Å²) in [6.45, 7) is 0.806. The normalized spacial score (nSPS) is 17.4. The van der Waals surface area contributed by atoms with Crippen LogP contribution >= 0.6 is 27.5 Å². The van der Waals surface area contributed by atoms with Crippen LogP contribution in [0.25, 0.3) is 11.2 Å². The van der Waals surface area contributed by atoms with Gasteiger partial charge in [-0.15, -0.1) is 11.6 Å². The molecule has 2 heterocycles. The van der Waals surface area contributed by atoms with E-state index in [1.165, 1.54) is 6.42 Å². The highest BCUT2D eigenvalue weighted by Crippen LogP contribution is 2.37. The Bertz CT molecular complexity index is 619. The van der Waals surface area contributed by atoms with E-state index in [1.54, 1.807) is 7.11 Å². The number of nitrogens with zero attached hydrogens (tertiary/aromatic N) is 3. The topological polar surface area (TPSA) is 39.9 Å². The zero-order chi connectivity index (χ0) is 14.2. The third kappa shape index (κ3) is 2.47. The van der Waals surface area contributed by atoms with Gasteiger partial charge in [-0.25, -0.2) is 9.97 Å². The molecule has 3 rings (SSSR count). The summed E-state index contributed by atoms with van der Waals surface area (Å²) in [5, 5.41) is 0. The second-order valence-corrected chi connectivity index (χ2v) is 6.58. The summed E-state index contributed by atoms with van der Waals surface area (Å²) in [6.07, 6.45) is 5.98. The Kier molecular flexibility index (Phi) is 4.02. The molecule has 2 aromatic heterocycles. The first-order valence-corrected chi connectivity index (χ1v) is 8.12. The number of fused-ring (bicyclic) bond motifs is 1. The maximum Gasteiger partial charge on any atom is 0.160 e. The lowest BCUT2D eigenvalue weighted by molar-refractivity contribution is -0.0833. The van der Waals surface area contributed by atoms with Gasteiger partial charge in [0, 0.05) is 30.1 Å². The minimum atomic E-state index is -0.0521. The lowest BCUT2D eigenvalue weighted by Gasteiger charge is -2.41. The van der Waals surface area contributed by atoms with Crippen molar-refractivity contribution in [3.05, 3.63) is 22.6 Å². The molecule has 0 aliphatic heterocycles. The number of pyridine rings is 1. The number of hydrogen-bond donors (Lipinski definition) is 0. The van der Waals surface area contributed by atoms with Gasteiger partial charge in [0.15, 0.2) is 5.65 Å². The first-order valence-electron chi connectivity index (χ1n) is 6.79. The Hall–Kier alpha value is -0.650. The summed E-state index contributed by atoms with van der Waals surface area (Å²) in [4.78, 5) is 9.19. The van der Waals surface area contributed by atoms with E-state index < -0.39 is 0 Å². The zero-order valence-corrected chi connectivity index (χ0v) is 13.7. The fourth-order valence-corrected chi connectivity index (χ4v) is 3.25. The van der Waals surface area contributed by atoms with E-state index in [2.05, 4.69) is 30.5 Å². The van der Waals surface area contributed by atoms with E-state index in [-0.39, 0.29) is 5.60 Å². The van der Waals surface area contributed by atoms with Crippen molar-refractivity contribution in [2.75, 3.05) is 13.0 Å². The van der Waals surface area contributed by atoms with Crippen LogP contribution in [0.2, 0.25) is 0 Å². The van der Waals surface area contributed by atoms with Gasteiger partial charge in [0.2, 0.25) is 0 Å². The van der Waals surface area contributed by atoms with Crippen LogP contribution in [0.3, 0.4) is 0 Å². The average molecular weight is 359 g/mol. The van der Waals surface area contributed by atoms with Gasteiger partial charge in [0.1, 0.15) is 11.3 Å². The van der Waals surface area contributed by atoms with Crippen molar-refractivity contribution in [3.63, 3.8) is 0 Å². The Morgan fingerprint density at radius 3 is 2.90 bits per heavy atom. The third-order valence-electron chi connectivity index (χ3n) is 4.09. The van der Waals surface area contributed by atoms with E-state index in [0.717, 1.165) is 47.3 Å². The highest BCUT2D eigenvalue weighted by atomic mass is 79.9. The predicted molar refractivity (Wildman–Crippen MR) is 83.2 cm³/mol. The van der Waals surface area contributed by atoms with Crippen LogP contribution in [-0.2, 0) is 17.7 Å². The van der Waals surface area contributed by atoms with E-state index in [0.29, 0.717) is 5.88 Å². The fourth-order valence-electron chi connectivity index (χ4n) is 2.76. The molecular formula is C14H17BrClN3O. The van der Waals surface area contributed by atoms with Crippen molar-refractivity contribution in [2.45, 2.75) is 37.8 Å². The van der Waals surface area contributed by atoms with Gasteiger partial charge in [0.05, 0.1) is 12.1 Å². The molecule has 1 aliphatic rings.